The predicted molar refractivity (Wildman–Crippen MR) is 114 cm³/mol. The summed E-state index contributed by atoms with van der Waals surface area (Å²) in [5.41, 5.74) is 3.90. The molecule has 1 aromatic heterocycles. The molecule has 0 fully saturated rings. The summed E-state index contributed by atoms with van der Waals surface area (Å²) in [6.07, 6.45) is 8.06. The van der Waals surface area contributed by atoms with Crippen LogP contribution in [0.1, 0.15) is 11.1 Å². The average molecular weight is 390 g/mol. The topological polar surface area (TPSA) is 34.6 Å². The zero-order valence-corrected chi connectivity index (χ0v) is 16.6. The van der Waals surface area contributed by atoms with Gasteiger partial charge in [0.1, 0.15) is 23.9 Å². The number of ether oxygens (including phenoxy) is 2. The van der Waals surface area contributed by atoms with Crippen molar-refractivity contribution in [3.8, 4) is 11.5 Å². The van der Waals surface area contributed by atoms with Crippen LogP contribution < -0.4 is 9.47 Å². The number of aromatic nitrogens is 1. The molecule has 3 aromatic rings. The molecule has 0 radical (unpaired) electrons. The van der Waals surface area contributed by atoms with Gasteiger partial charge in [0.25, 0.3) is 0 Å². The summed E-state index contributed by atoms with van der Waals surface area (Å²) in [5.74, 6) is 1.37. The van der Waals surface area contributed by atoms with Gasteiger partial charge in [0.2, 0.25) is 0 Å². The lowest BCUT2D eigenvalue weighted by molar-refractivity contribution is 0.266. The van der Waals surface area contributed by atoms with E-state index in [0.29, 0.717) is 6.61 Å². The van der Waals surface area contributed by atoms with Crippen molar-refractivity contribution in [3.05, 3.63) is 84.0 Å². The minimum absolute atomic E-state index is 0.209. The Bertz CT molecular complexity index is 1090. The van der Waals surface area contributed by atoms with Crippen LogP contribution in [0.5, 0.6) is 11.5 Å². The van der Waals surface area contributed by atoms with Crippen LogP contribution in [0.15, 0.2) is 67.0 Å². The monoisotopic (exact) mass is 390 g/mol. The molecule has 0 saturated carbocycles. The highest BCUT2D eigenvalue weighted by molar-refractivity contribution is 5.86. The van der Waals surface area contributed by atoms with Gasteiger partial charge in [0.05, 0.1) is 19.2 Å². The first-order chi connectivity index (χ1) is 14.1. The second-order valence-electron chi connectivity index (χ2n) is 6.98. The lowest BCUT2D eigenvalue weighted by atomic mass is 9.99. The van der Waals surface area contributed by atoms with E-state index in [-0.39, 0.29) is 5.82 Å². The van der Waals surface area contributed by atoms with E-state index in [2.05, 4.69) is 28.2 Å². The van der Waals surface area contributed by atoms with Gasteiger partial charge in [-0.3, -0.25) is 4.98 Å². The van der Waals surface area contributed by atoms with Crippen LogP contribution in [-0.2, 0) is 0 Å². The largest absolute Gasteiger partial charge is 0.497 e. The number of rotatable bonds is 6. The van der Waals surface area contributed by atoms with Crippen LogP contribution >= 0.6 is 0 Å². The van der Waals surface area contributed by atoms with Gasteiger partial charge in [-0.2, -0.15) is 0 Å². The highest BCUT2D eigenvalue weighted by Crippen LogP contribution is 2.27. The minimum Gasteiger partial charge on any atom is -0.497 e. The van der Waals surface area contributed by atoms with E-state index in [1.54, 1.807) is 19.4 Å². The molecule has 0 unspecified atom stereocenters. The first kappa shape index (κ1) is 19.0. The number of hydrogen-bond acceptors (Lipinski definition) is 4. The van der Waals surface area contributed by atoms with Crippen LogP contribution in [0.25, 0.3) is 16.5 Å². The Kier molecular flexibility index (Phi) is 5.47. The van der Waals surface area contributed by atoms with Gasteiger partial charge in [-0.05, 0) is 54.0 Å². The molecule has 0 saturated heterocycles. The lowest BCUT2D eigenvalue weighted by Crippen LogP contribution is -2.25. The van der Waals surface area contributed by atoms with Crippen LogP contribution in [-0.4, -0.2) is 36.7 Å². The smallest absolute Gasteiger partial charge is 0.130 e. The van der Waals surface area contributed by atoms with Crippen molar-refractivity contribution in [2.45, 2.75) is 6.92 Å². The SMILES string of the molecule is COc1ccc2c(OCCN3C=C(c4ccc(F)cc4C)C=CC3)ccnc2c1. The Labute approximate surface area is 169 Å². The van der Waals surface area contributed by atoms with Crippen molar-refractivity contribution >= 4 is 16.5 Å². The van der Waals surface area contributed by atoms with E-state index >= 15 is 0 Å². The molecule has 0 aliphatic carbocycles. The fourth-order valence-corrected chi connectivity index (χ4v) is 3.50. The molecule has 1 aliphatic heterocycles. The summed E-state index contributed by atoms with van der Waals surface area (Å²) in [7, 11) is 1.64. The van der Waals surface area contributed by atoms with Gasteiger partial charge < -0.3 is 14.4 Å². The predicted octanol–water partition coefficient (Wildman–Crippen LogP) is 4.98. The maximum absolute atomic E-state index is 13.4. The zero-order valence-electron chi connectivity index (χ0n) is 16.6. The number of hydrogen-bond donors (Lipinski definition) is 0. The molecule has 1 aliphatic rings. The molecule has 2 aromatic carbocycles. The van der Waals surface area contributed by atoms with Gasteiger partial charge >= 0.3 is 0 Å². The highest BCUT2D eigenvalue weighted by Gasteiger charge is 2.11. The van der Waals surface area contributed by atoms with Gasteiger partial charge in [-0.15, -0.1) is 0 Å². The molecule has 4 nitrogen and oxygen atoms in total. The molecular weight excluding hydrogens is 367 g/mol. The molecule has 29 heavy (non-hydrogen) atoms. The molecule has 2 heterocycles. The second kappa shape index (κ2) is 8.35. The number of benzene rings is 2. The van der Waals surface area contributed by atoms with Crippen LogP contribution in [0, 0.1) is 12.7 Å². The number of allylic oxidation sites excluding steroid dienone is 2. The Morgan fingerprint density at radius 1 is 1.14 bits per heavy atom. The second-order valence-corrected chi connectivity index (χ2v) is 6.98. The summed E-state index contributed by atoms with van der Waals surface area (Å²) in [4.78, 5) is 6.59. The summed E-state index contributed by atoms with van der Waals surface area (Å²) in [6.45, 7) is 4.04. The Hall–Kier alpha value is -3.34. The molecule has 0 bridgehead atoms. The lowest BCUT2D eigenvalue weighted by Gasteiger charge is -2.24. The summed E-state index contributed by atoms with van der Waals surface area (Å²) >= 11 is 0. The third-order valence-electron chi connectivity index (χ3n) is 5.00. The zero-order chi connectivity index (χ0) is 20.2. The van der Waals surface area contributed by atoms with Crippen molar-refractivity contribution in [2.24, 2.45) is 0 Å². The molecule has 0 amide bonds. The van der Waals surface area contributed by atoms with E-state index in [0.717, 1.165) is 52.2 Å². The maximum atomic E-state index is 13.4. The molecule has 0 spiro atoms. The van der Waals surface area contributed by atoms with Crippen LogP contribution in [0.2, 0.25) is 0 Å². The van der Waals surface area contributed by atoms with Crippen molar-refractivity contribution in [2.75, 3.05) is 26.8 Å². The quantitative estimate of drug-likeness (QED) is 0.594. The van der Waals surface area contributed by atoms with E-state index < -0.39 is 0 Å². The summed E-state index contributed by atoms with van der Waals surface area (Å²) in [5, 5.41) is 0.963. The van der Waals surface area contributed by atoms with Crippen LogP contribution in [0.3, 0.4) is 0 Å². The molecule has 148 valence electrons. The maximum Gasteiger partial charge on any atom is 0.130 e. The van der Waals surface area contributed by atoms with E-state index in [4.69, 9.17) is 9.47 Å². The molecule has 4 rings (SSSR count). The van der Waals surface area contributed by atoms with Crippen molar-refractivity contribution in [1.82, 2.24) is 9.88 Å². The summed E-state index contributed by atoms with van der Waals surface area (Å²) < 4.78 is 24.7. The first-order valence-electron chi connectivity index (χ1n) is 9.58. The third kappa shape index (κ3) is 4.24. The third-order valence-corrected chi connectivity index (χ3v) is 5.00. The van der Waals surface area contributed by atoms with Crippen molar-refractivity contribution in [1.29, 1.82) is 0 Å². The van der Waals surface area contributed by atoms with E-state index in [1.807, 2.05) is 37.3 Å². The van der Waals surface area contributed by atoms with Gasteiger partial charge in [0.15, 0.2) is 0 Å². The highest BCUT2D eigenvalue weighted by atomic mass is 19.1. The number of fused-ring (bicyclic) bond motifs is 1. The standard InChI is InChI=1S/C24H23FN2O2/c1-17-14-19(25)5-7-21(17)18-4-3-11-27(16-18)12-13-29-24-9-10-26-23-15-20(28-2)6-8-22(23)24/h3-10,14-16H,11-13H2,1-2H3. The van der Waals surface area contributed by atoms with Crippen LogP contribution in [0.4, 0.5) is 4.39 Å². The van der Waals surface area contributed by atoms with E-state index in [9.17, 15) is 4.39 Å². The van der Waals surface area contributed by atoms with Gasteiger partial charge in [-0.25, -0.2) is 4.39 Å². The van der Waals surface area contributed by atoms with Gasteiger partial charge in [0, 0.05) is 30.4 Å². The van der Waals surface area contributed by atoms with Crippen molar-refractivity contribution in [3.63, 3.8) is 0 Å². The normalized spacial score (nSPS) is 13.5. The Morgan fingerprint density at radius 2 is 2.03 bits per heavy atom. The number of nitrogens with zero attached hydrogens (tertiary/aromatic N) is 2. The summed E-state index contributed by atoms with van der Waals surface area (Å²) in [6, 6.07) is 12.6. The number of methoxy groups -OCH3 is 1. The number of pyridine rings is 1. The fraction of sp³-hybridized carbons (Fsp3) is 0.208. The minimum atomic E-state index is -0.209. The molecular formula is C24H23FN2O2. The van der Waals surface area contributed by atoms with Crippen molar-refractivity contribution < 1.29 is 13.9 Å². The average Bonchev–Trinajstić information content (AvgIpc) is 2.73. The number of aryl methyl sites for hydroxylation is 1. The Balaban J connectivity index is 1.44. The van der Waals surface area contributed by atoms with E-state index in [1.165, 1.54) is 6.07 Å². The molecule has 5 heteroatoms. The number of halogens is 1. The first-order valence-corrected chi connectivity index (χ1v) is 9.58. The molecule has 0 atom stereocenters. The molecule has 0 N–H and O–H groups in total. The Morgan fingerprint density at radius 3 is 2.86 bits per heavy atom. The van der Waals surface area contributed by atoms with Gasteiger partial charge in [-0.1, -0.05) is 18.2 Å². The fourth-order valence-electron chi connectivity index (χ4n) is 3.50.